The summed E-state index contributed by atoms with van der Waals surface area (Å²) in [7, 11) is -4.30. The number of rotatable bonds is 13. The van der Waals surface area contributed by atoms with Crippen molar-refractivity contribution >= 4 is 21.8 Å². The van der Waals surface area contributed by atoms with Crippen LogP contribution < -0.4 is 4.72 Å². The van der Waals surface area contributed by atoms with Gasteiger partial charge in [0, 0.05) is 11.1 Å². The maximum absolute atomic E-state index is 13.4. The number of esters is 1. The number of unbranched alkanes of at least 4 members (excludes halogenated alkanes) is 5. The van der Waals surface area contributed by atoms with Gasteiger partial charge in [0.1, 0.15) is 12.1 Å². The van der Waals surface area contributed by atoms with E-state index in [4.69, 9.17) is 4.74 Å². The maximum atomic E-state index is 13.4. The van der Waals surface area contributed by atoms with E-state index in [0.717, 1.165) is 37.7 Å². The molecule has 2 atom stereocenters. The van der Waals surface area contributed by atoms with Crippen LogP contribution in [0.15, 0.2) is 77.7 Å². The fraction of sp³-hybridized carbons (Fsp3) is 0.333. The van der Waals surface area contributed by atoms with Gasteiger partial charge in [0.15, 0.2) is 5.78 Å². The number of hydrogen-bond donors (Lipinski definition) is 2. The van der Waals surface area contributed by atoms with Crippen molar-refractivity contribution in [3.8, 4) is 11.1 Å². The summed E-state index contributed by atoms with van der Waals surface area (Å²) >= 11 is 0. The smallest absolute Gasteiger partial charge is 0.327 e. The molecule has 1 aliphatic carbocycles. The molecule has 0 radical (unpaired) electrons. The number of hydrogen-bond acceptors (Lipinski definition) is 6. The number of benzene rings is 3. The van der Waals surface area contributed by atoms with Crippen molar-refractivity contribution in [1.29, 1.82) is 0 Å². The minimum Gasteiger partial charge on any atom is -0.464 e. The largest absolute Gasteiger partial charge is 0.464 e. The summed E-state index contributed by atoms with van der Waals surface area (Å²) < 4.78 is 34.5. The van der Waals surface area contributed by atoms with Crippen LogP contribution in [0.2, 0.25) is 0 Å². The quantitative estimate of drug-likeness (QED) is 0.180. The second-order valence-electron chi connectivity index (χ2n) is 9.47. The third-order valence-corrected chi connectivity index (χ3v) is 8.18. The van der Waals surface area contributed by atoms with Crippen molar-refractivity contribution in [2.24, 2.45) is 0 Å². The lowest BCUT2D eigenvalue weighted by Gasteiger charge is -2.23. The zero-order chi connectivity index (χ0) is 27.1. The van der Waals surface area contributed by atoms with E-state index in [1.165, 1.54) is 12.1 Å². The van der Waals surface area contributed by atoms with Crippen LogP contribution in [0, 0.1) is 0 Å². The van der Waals surface area contributed by atoms with E-state index in [0.29, 0.717) is 23.1 Å². The van der Waals surface area contributed by atoms with Gasteiger partial charge in [-0.3, -0.25) is 9.59 Å². The van der Waals surface area contributed by atoms with Crippen molar-refractivity contribution in [2.45, 2.75) is 62.5 Å². The van der Waals surface area contributed by atoms with E-state index in [-0.39, 0.29) is 22.8 Å². The number of fused-ring (bicyclic) bond motifs is 3. The first kappa shape index (κ1) is 27.7. The van der Waals surface area contributed by atoms with Crippen LogP contribution in [0.3, 0.4) is 0 Å². The van der Waals surface area contributed by atoms with E-state index >= 15 is 0 Å². The Kier molecular flexibility index (Phi) is 9.09. The molecule has 0 heterocycles. The van der Waals surface area contributed by atoms with E-state index < -0.39 is 28.1 Å². The predicted octanol–water partition coefficient (Wildman–Crippen LogP) is 5.18. The molecule has 1 aliphatic rings. The van der Waals surface area contributed by atoms with Gasteiger partial charge in [0.2, 0.25) is 10.0 Å². The average Bonchev–Trinajstić information content (AvgIpc) is 3.22. The van der Waals surface area contributed by atoms with Gasteiger partial charge in [0.25, 0.3) is 0 Å². The van der Waals surface area contributed by atoms with Crippen LogP contribution in [0.5, 0.6) is 0 Å². The average molecular weight is 536 g/mol. The monoisotopic (exact) mass is 535 g/mol. The molecule has 7 nitrogen and oxygen atoms in total. The minimum atomic E-state index is -4.30. The number of ketones is 1. The molecule has 0 fully saturated rings. The zero-order valence-corrected chi connectivity index (χ0v) is 22.2. The molecule has 0 spiro atoms. The van der Waals surface area contributed by atoms with Crippen LogP contribution in [0.25, 0.3) is 11.1 Å². The lowest BCUT2D eigenvalue weighted by atomic mass is 10.0. The topological polar surface area (TPSA) is 110 Å². The first-order valence-corrected chi connectivity index (χ1v) is 14.5. The standard InChI is InChI=1S/C30H33NO6S/c1-2-3-4-5-6-12-19-37-30(34)27(28(32)21-13-8-7-9-14-21)31-38(35,36)22-17-18-24-23-15-10-11-16-25(23)29(33)26(24)20-22/h7-11,13-18,20,27-28,31-32H,2-6,12,19H2,1H3/t27-,28+/m0/s1. The number of carbonyl (C=O) groups is 2. The Hall–Kier alpha value is -3.33. The van der Waals surface area contributed by atoms with Crippen LogP contribution in [0.1, 0.15) is 73.0 Å². The number of aliphatic hydroxyl groups excluding tert-OH is 1. The summed E-state index contributed by atoms with van der Waals surface area (Å²) in [6.45, 7) is 2.27. The molecule has 4 rings (SSSR count). The lowest BCUT2D eigenvalue weighted by Crippen LogP contribution is -2.46. The first-order chi connectivity index (χ1) is 18.3. The van der Waals surface area contributed by atoms with E-state index in [1.54, 1.807) is 48.5 Å². The van der Waals surface area contributed by atoms with Crippen molar-refractivity contribution in [3.63, 3.8) is 0 Å². The molecule has 38 heavy (non-hydrogen) atoms. The highest BCUT2D eigenvalue weighted by atomic mass is 32.2. The molecule has 0 aliphatic heterocycles. The van der Waals surface area contributed by atoms with Crippen molar-refractivity contribution in [3.05, 3.63) is 89.5 Å². The first-order valence-electron chi connectivity index (χ1n) is 13.0. The third kappa shape index (κ3) is 6.20. The molecule has 0 unspecified atom stereocenters. The number of ether oxygens (including phenoxy) is 1. The fourth-order valence-corrected chi connectivity index (χ4v) is 5.85. The Balaban J connectivity index is 1.52. The Labute approximate surface area is 223 Å². The van der Waals surface area contributed by atoms with Crippen LogP contribution in [0.4, 0.5) is 0 Å². The van der Waals surface area contributed by atoms with Crippen LogP contribution >= 0.6 is 0 Å². The molecule has 0 amide bonds. The minimum absolute atomic E-state index is 0.135. The Bertz CT molecular complexity index is 1390. The number of sulfonamides is 1. The van der Waals surface area contributed by atoms with Crippen molar-refractivity contribution in [1.82, 2.24) is 4.72 Å². The lowest BCUT2D eigenvalue weighted by molar-refractivity contribution is -0.148. The molecule has 0 bridgehead atoms. The summed E-state index contributed by atoms with van der Waals surface area (Å²) in [4.78, 5) is 25.7. The molecule has 0 saturated heterocycles. The molecule has 2 N–H and O–H groups in total. The van der Waals surface area contributed by atoms with Gasteiger partial charge in [-0.25, -0.2) is 8.42 Å². The molecule has 0 saturated carbocycles. The van der Waals surface area contributed by atoms with Crippen LogP contribution in [-0.2, 0) is 19.6 Å². The summed E-state index contributed by atoms with van der Waals surface area (Å²) in [5.74, 6) is -1.12. The highest BCUT2D eigenvalue weighted by molar-refractivity contribution is 7.89. The zero-order valence-electron chi connectivity index (χ0n) is 21.4. The molecular formula is C30H33NO6S. The second-order valence-corrected chi connectivity index (χ2v) is 11.2. The molecular weight excluding hydrogens is 502 g/mol. The van der Waals surface area contributed by atoms with Gasteiger partial charge < -0.3 is 9.84 Å². The summed E-state index contributed by atoms with van der Waals surface area (Å²) in [6, 6.07) is 18.2. The maximum Gasteiger partial charge on any atom is 0.327 e. The second kappa shape index (κ2) is 12.5. The van der Waals surface area contributed by atoms with Crippen LogP contribution in [-0.4, -0.2) is 37.9 Å². The third-order valence-electron chi connectivity index (χ3n) is 6.74. The molecule has 3 aromatic carbocycles. The summed E-state index contributed by atoms with van der Waals surface area (Å²) in [5, 5.41) is 11.0. The highest BCUT2D eigenvalue weighted by Crippen LogP contribution is 2.37. The highest BCUT2D eigenvalue weighted by Gasteiger charge is 2.35. The van der Waals surface area contributed by atoms with Gasteiger partial charge in [-0.2, -0.15) is 4.72 Å². The SMILES string of the molecule is CCCCCCCCOC(=O)[C@@H](NS(=O)(=O)c1ccc2c(c1)C(=O)c1ccccc1-2)[C@H](O)c1ccccc1. The summed E-state index contributed by atoms with van der Waals surface area (Å²) in [6.07, 6.45) is 4.54. The Morgan fingerprint density at radius 2 is 1.47 bits per heavy atom. The number of nitrogens with one attached hydrogen (secondary N) is 1. The predicted molar refractivity (Wildman–Crippen MR) is 145 cm³/mol. The van der Waals surface area contributed by atoms with Gasteiger partial charge in [-0.15, -0.1) is 0 Å². The van der Waals surface area contributed by atoms with Gasteiger partial charge in [0.05, 0.1) is 11.5 Å². The van der Waals surface area contributed by atoms with Gasteiger partial charge >= 0.3 is 5.97 Å². The molecule has 8 heteroatoms. The van der Waals surface area contributed by atoms with E-state index in [9.17, 15) is 23.1 Å². The summed E-state index contributed by atoms with van der Waals surface area (Å²) in [5.41, 5.74) is 2.57. The van der Waals surface area contributed by atoms with E-state index in [2.05, 4.69) is 11.6 Å². The van der Waals surface area contributed by atoms with Gasteiger partial charge in [-0.05, 0) is 35.2 Å². The number of carbonyl (C=O) groups excluding carboxylic acids is 2. The number of aliphatic hydroxyl groups is 1. The Morgan fingerprint density at radius 1 is 0.842 bits per heavy atom. The normalized spacial score (nSPS) is 14.0. The van der Waals surface area contributed by atoms with E-state index in [1.807, 2.05) is 12.1 Å². The fourth-order valence-electron chi connectivity index (χ4n) is 4.64. The van der Waals surface area contributed by atoms with Crippen molar-refractivity contribution < 1.29 is 27.9 Å². The van der Waals surface area contributed by atoms with Crippen molar-refractivity contribution in [2.75, 3.05) is 6.61 Å². The molecule has 0 aromatic heterocycles. The molecule has 3 aromatic rings. The Morgan fingerprint density at radius 3 is 2.21 bits per heavy atom. The van der Waals surface area contributed by atoms with Gasteiger partial charge in [-0.1, -0.05) is 99.7 Å². The molecule has 200 valence electrons.